The normalized spacial score (nSPS) is 23.9. The number of imide groups is 1. The standard InChI is InChI=1S/C27H18N2O7/c1-14-6-2-3-7-17(14)22-20-21(27(36-22)23(30)18-8-4-5-9-19(18)24(27)31)26(33)28(25(20)32)15-10-12-16(13-11-15)29(34)35/h2-13,20-22H,1H3. The first-order valence-corrected chi connectivity index (χ1v) is 11.3. The molecule has 9 nitrogen and oxygen atoms in total. The van der Waals surface area contributed by atoms with Gasteiger partial charge in [0.1, 0.15) is 0 Å². The molecule has 3 aromatic rings. The molecular weight excluding hydrogens is 464 g/mol. The van der Waals surface area contributed by atoms with Crippen LogP contribution < -0.4 is 4.90 Å². The molecule has 2 aliphatic heterocycles. The molecule has 3 atom stereocenters. The number of aryl methyl sites for hydroxylation is 1. The fourth-order valence-corrected chi connectivity index (χ4v) is 5.68. The number of carbonyl (C=O) groups is 4. The first kappa shape index (κ1) is 22.0. The molecule has 2 amide bonds. The lowest BCUT2D eigenvalue weighted by Crippen LogP contribution is -2.51. The maximum atomic E-state index is 13.9. The summed E-state index contributed by atoms with van der Waals surface area (Å²) in [6.45, 7) is 1.82. The SMILES string of the molecule is Cc1ccccc1C1OC2(C(=O)c3ccccc3C2=O)C2C(=O)N(c3ccc([N+](=O)[O-])cc3)C(=O)C12. The second-order valence-corrected chi connectivity index (χ2v) is 9.12. The average molecular weight is 482 g/mol. The molecule has 2 fully saturated rings. The molecule has 0 aromatic heterocycles. The van der Waals surface area contributed by atoms with Crippen LogP contribution in [0.15, 0.2) is 72.8 Å². The van der Waals surface area contributed by atoms with Gasteiger partial charge >= 0.3 is 0 Å². The van der Waals surface area contributed by atoms with Crippen molar-refractivity contribution < 1.29 is 28.8 Å². The van der Waals surface area contributed by atoms with Gasteiger partial charge in [0.05, 0.1) is 28.6 Å². The molecule has 3 unspecified atom stereocenters. The molecule has 3 aliphatic rings. The summed E-state index contributed by atoms with van der Waals surface area (Å²) < 4.78 is 6.27. The molecule has 0 bridgehead atoms. The third-order valence-corrected chi connectivity index (χ3v) is 7.33. The Bertz CT molecular complexity index is 1480. The van der Waals surface area contributed by atoms with Gasteiger partial charge in [0.2, 0.25) is 29.0 Å². The number of hydrogen-bond acceptors (Lipinski definition) is 7. The van der Waals surface area contributed by atoms with E-state index < -0.39 is 51.8 Å². The Kier molecular flexibility index (Phi) is 4.58. The van der Waals surface area contributed by atoms with Crippen LogP contribution in [0.25, 0.3) is 0 Å². The van der Waals surface area contributed by atoms with Gasteiger partial charge in [-0.25, -0.2) is 4.90 Å². The number of ketones is 2. The van der Waals surface area contributed by atoms with Gasteiger partial charge in [-0.05, 0) is 30.2 Å². The molecule has 1 aliphatic carbocycles. The number of hydrogen-bond donors (Lipinski definition) is 0. The Morgan fingerprint density at radius 1 is 0.833 bits per heavy atom. The lowest BCUT2D eigenvalue weighted by atomic mass is 9.77. The van der Waals surface area contributed by atoms with Crippen molar-refractivity contribution in [2.75, 3.05) is 4.90 Å². The predicted octanol–water partition coefficient (Wildman–Crippen LogP) is 3.60. The zero-order chi connectivity index (χ0) is 25.4. The molecule has 36 heavy (non-hydrogen) atoms. The molecule has 9 heteroatoms. The van der Waals surface area contributed by atoms with Gasteiger partial charge in [-0.2, -0.15) is 0 Å². The summed E-state index contributed by atoms with van der Waals surface area (Å²) in [5.74, 6) is -5.15. The van der Waals surface area contributed by atoms with E-state index in [4.69, 9.17) is 4.74 Å². The van der Waals surface area contributed by atoms with Crippen molar-refractivity contribution in [1.29, 1.82) is 0 Å². The summed E-state index contributed by atoms with van der Waals surface area (Å²) in [7, 11) is 0. The highest BCUT2D eigenvalue weighted by atomic mass is 16.6. The third kappa shape index (κ3) is 2.68. The fourth-order valence-electron chi connectivity index (χ4n) is 5.68. The first-order chi connectivity index (χ1) is 17.3. The Labute approximate surface area is 204 Å². The fraction of sp³-hybridized carbons (Fsp3) is 0.185. The number of carbonyl (C=O) groups excluding carboxylic acids is 4. The van der Waals surface area contributed by atoms with E-state index in [2.05, 4.69) is 0 Å². The number of nitro groups is 1. The van der Waals surface area contributed by atoms with Crippen molar-refractivity contribution in [2.45, 2.75) is 18.6 Å². The van der Waals surface area contributed by atoms with Gasteiger partial charge < -0.3 is 4.74 Å². The molecule has 3 aromatic carbocycles. The lowest BCUT2D eigenvalue weighted by Gasteiger charge is -2.27. The van der Waals surface area contributed by atoms with Crippen LogP contribution in [0.5, 0.6) is 0 Å². The number of anilines is 1. The van der Waals surface area contributed by atoms with Crippen LogP contribution in [0.4, 0.5) is 11.4 Å². The number of benzene rings is 3. The van der Waals surface area contributed by atoms with Crippen LogP contribution in [0, 0.1) is 28.9 Å². The van der Waals surface area contributed by atoms with Crippen LogP contribution in [0.3, 0.4) is 0 Å². The Morgan fingerprint density at radius 3 is 2.00 bits per heavy atom. The van der Waals surface area contributed by atoms with Gasteiger partial charge in [-0.3, -0.25) is 29.3 Å². The monoisotopic (exact) mass is 482 g/mol. The molecule has 2 saturated heterocycles. The van der Waals surface area contributed by atoms with E-state index in [1.807, 2.05) is 19.1 Å². The van der Waals surface area contributed by atoms with Gasteiger partial charge in [0.15, 0.2) is 0 Å². The van der Waals surface area contributed by atoms with Gasteiger partial charge in [-0.15, -0.1) is 0 Å². The molecule has 2 heterocycles. The summed E-state index contributed by atoms with van der Waals surface area (Å²) in [5.41, 5.74) is -0.549. The van der Waals surface area contributed by atoms with Crippen LogP contribution in [-0.4, -0.2) is 33.9 Å². The third-order valence-electron chi connectivity index (χ3n) is 7.33. The summed E-state index contributed by atoms with van der Waals surface area (Å²) >= 11 is 0. The van der Waals surface area contributed by atoms with Crippen LogP contribution >= 0.6 is 0 Å². The second-order valence-electron chi connectivity index (χ2n) is 9.12. The quantitative estimate of drug-likeness (QED) is 0.242. The Morgan fingerprint density at radius 2 is 1.42 bits per heavy atom. The van der Waals surface area contributed by atoms with Gasteiger partial charge in [0.25, 0.3) is 5.69 Å². The number of nitrogens with zero attached hydrogens (tertiary/aromatic N) is 2. The molecule has 0 saturated carbocycles. The minimum atomic E-state index is -2.16. The lowest BCUT2D eigenvalue weighted by molar-refractivity contribution is -0.384. The average Bonchev–Trinajstić information content (AvgIpc) is 3.44. The van der Waals surface area contributed by atoms with Crippen molar-refractivity contribution in [3.05, 3.63) is 105 Å². The summed E-state index contributed by atoms with van der Waals surface area (Å²) in [6.07, 6.45) is -1.02. The minimum Gasteiger partial charge on any atom is -0.349 e. The highest BCUT2D eigenvalue weighted by Gasteiger charge is 2.74. The largest absolute Gasteiger partial charge is 0.349 e. The highest BCUT2D eigenvalue weighted by molar-refractivity contribution is 6.37. The summed E-state index contributed by atoms with van der Waals surface area (Å²) in [4.78, 5) is 66.6. The number of ether oxygens (including phenoxy) is 1. The van der Waals surface area contributed by atoms with E-state index in [1.165, 1.54) is 36.4 Å². The molecule has 178 valence electrons. The number of amides is 2. The van der Waals surface area contributed by atoms with Crippen LogP contribution in [0.1, 0.15) is 37.9 Å². The summed E-state index contributed by atoms with van der Waals surface area (Å²) in [5, 5.41) is 11.1. The van der Waals surface area contributed by atoms with E-state index in [0.29, 0.717) is 5.56 Å². The molecule has 0 N–H and O–H groups in total. The maximum Gasteiger partial charge on any atom is 0.269 e. The van der Waals surface area contributed by atoms with E-state index >= 15 is 0 Å². The highest BCUT2D eigenvalue weighted by Crippen LogP contribution is 2.58. The zero-order valence-corrected chi connectivity index (χ0v) is 18.9. The van der Waals surface area contributed by atoms with Crippen molar-refractivity contribution in [3.8, 4) is 0 Å². The number of Topliss-reactive ketones (excluding diaryl/α,β-unsaturated/α-hetero) is 2. The molecule has 6 rings (SSSR count). The minimum absolute atomic E-state index is 0.124. The number of nitro benzene ring substituents is 1. The Hall–Kier alpha value is -4.50. The van der Waals surface area contributed by atoms with Crippen molar-refractivity contribution in [1.82, 2.24) is 0 Å². The Balaban J connectivity index is 1.53. The van der Waals surface area contributed by atoms with E-state index in [0.717, 1.165) is 10.5 Å². The number of fused-ring (bicyclic) bond motifs is 3. The van der Waals surface area contributed by atoms with E-state index in [-0.39, 0.29) is 22.5 Å². The maximum absolute atomic E-state index is 13.9. The molecule has 1 spiro atoms. The predicted molar refractivity (Wildman–Crippen MR) is 125 cm³/mol. The topological polar surface area (TPSA) is 124 Å². The van der Waals surface area contributed by atoms with Crippen molar-refractivity contribution >= 4 is 34.8 Å². The van der Waals surface area contributed by atoms with Crippen molar-refractivity contribution in [3.63, 3.8) is 0 Å². The number of non-ortho nitro benzene ring substituents is 1. The van der Waals surface area contributed by atoms with Crippen LogP contribution in [0.2, 0.25) is 0 Å². The first-order valence-electron chi connectivity index (χ1n) is 11.3. The van der Waals surface area contributed by atoms with Gasteiger partial charge in [0, 0.05) is 23.3 Å². The smallest absolute Gasteiger partial charge is 0.269 e. The number of rotatable bonds is 3. The van der Waals surface area contributed by atoms with Crippen molar-refractivity contribution in [2.24, 2.45) is 11.8 Å². The second kappa shape index (κ2) is 7.50. The van der Waals surface area contributed by atoms with E-state index in [1.54, 1.807) is 24.3 Å². The summed E-state index contributed by atoms with van der Waals surface area (Å²) in [6, 6.07) is 18.4. The van der Waals surface area contributed by atoms with E-state index in [9.17, 15) is 29.3 Å². The zero-order valence-electron chi connectivity index (χ0n) is 18.9. The van der Waals surface area contributed by atoms with Crippen LogP contribution in [-0.2, 0) is 14.3 Å². The molecule has 0 radical (unpaired) electrons. The molecular formula is C27H18N2O7. The van der Waals surface area contributed by atoms with Gasteiger partial charge in [-0.1, -0.05) is 48.5 Å².